The van der Waals surface area contributed by atoms with Crippen molar-refractivity contribution < 1.29 is 18.4 Å². The first kappa shape index (κ1) is 20.8. The van der Waals surface area contributed by atoms with Crippen LogP contribution >= 0.6 is 0 Å². The zero-order valence-electron chi connectivity index (χ0n) is 18.5. The molecule has 3 heterocycles. The van der Waals surface area contributed by atoms with Gasteiger partial charge in [0.25, 0.3) is 5.91 Å². The van der Waals surface area contributed by atoms with Crippen molar-refractivity contribution in [2.24, 2.45) is 0 Å². The van der Waals surface area contributed by atoms with Gasteiger partial charge in [0.15, 0.2) is 5.58 Å². The lowest BCUT2D eigenvalue weighted by molar-refractivity contribution is -0.134. The number of amides is 2. The SMILES string of the molecule is Cc1cc2c(cc3n2C[C@@](C)(C(=O)NC2CCCCC2)N(Cc2ccc(F)cc2)C3=O)o1. The lowest BCUT2D eigenvalue weighted by atomic mass is 9.91. The van der Waals surface area contributed by atoms with Crippen LogP contribution < -0.4 is 5.32 Å². The Hall–Kier alpha value is -3.09. The largest absolute Gasteiger partial charge is 0.460 e. The van der Waals surface area contributed by atoms with Gasteiger partial charge in [-0.2, -0.15) is 0 Å². The molecule has 1 aliphatic heterocycles. The van der Waals surface area contributed by atoms with E-state index in [4.69, 9.17) is 4.42 Å². The molecule has 168 valence electrons. The molecule has 7 heteroatoms. The summed E-state index contributed by atoms with van der Waals surface area (Å²) in [4.78, 5) is 28.9. The van der Waals surface area contributed by atoms with Crippen LogP contribution in [-0.2, 0) is 17.9 Å². The average molecular weight is 438 g/mol. The van der Waals surface area contributed by atoms with E-state index in [0.717, 1.165) is 42.5 Å². The Morgan fingerprint density at radius 1 is 1.19 bits per heavy atom. The molecule has 0 radical (unpaired) electrons. The van der Waals surface area contributed by atoms with E-state index in [1.54, 1.807) is 23.1 Å². The molecule has 6 nitrogen and oxygen atoms in total. The number of nitrogens with zero attached hydrogens (tertiary/aromatic N) is 2. The van der Waals surface area contributed by atoms with E-state index in [0.29, 0.717) is 17.8 Å². The fraction of sp³-hybridized carbons (Fsp3) is 0.440. The minimum absolute atomic E-state index is 0.137. The maximum Gasteiger partial charge on any atom is 0.271 e. The normalized spacial score (nSPS) is 21.7. The standard InChI is InChI=1S/C25H28FN3O3/c1-16-12-20-22(32-16)13-21-23(30)29(14-17-8-10-18(26)11-9-17)25(2,15-28(20)21)24(31)27-19-6-4-3-5-7-19/h8-13,19H,3-7,14-15H2,1-2H3,(H,27,31)/t25-/m0/s1. The monoisotopic (exact) mass is 437 g/mol. The van der Waals surface area contributed by atoms with Crippen LogP contribution in [0.4, 0.5) is 4.39 Å². The van der Waals surface area contributed by atoms with Gasteiger partial charge in [-0.25, -0.2) is 4.39 Å². The van der Waals surface area contributed by atoms with Crippen molar-refractivity contribution in [2.75, 3.05) is 0 Å². The van der Waals surface area contributed by atoms with Gasteiger partial charge in [-0.3, -0.25) is 9.59 Å². The Morgan fingerprint density at radius 3 is 2.62 bits per heavy atom. The highest BCUT2D eigenvalue weighted by Gasteiger charge is 2.48. The second-order valence-electron chi connectivity index (χ2n) is 9.32. The van der Waals surface area contributed by atoms with Crippen molar-refractivity contribution in [1.82, 2.24) is 14.8 Å². The molecule has 1 aliphatic carbocycles. The molecule has 1 saturated carbocycles. The molecule has 5 rings (SSSR count). The summed E-state index contributed by atoms with van der Waals surface area (Å²) in [6, 6.07) is 9.86. The molecular weight excluding hydrogens is 409 g/mol. The van der Waals surface area contributed by atoms with Gasteiger partial charge >= 0.3 is 0 Å². The van der Waals surface area contributed by atoms with Gasteiger partial charge in [-0.05, 0) is 44.4 Å². The molecule has 0 unspecified atom stereocenters. The molecule has 2 amide bonds. The van der Waals surface area contributed by atoms with Crippen molar-refractivity contribution in [3.05, 3.63) is 59.2 Å². The summed E-state index contributed by atoms with van der Waals surface area (Å²) in [6.07, 6.45) is 5.35. The van der Waals surface area contributed by atoms with Crippen molar-refractivity contribution in [2.45, 2.75) is 70.6 Å². The number of furan rings is 1. The van der Waals surface area contributed by atoms with Gasteiger partial charge in [0.05, 0.1) is 12.1 Å². The third kappa shape index (κ3) is 3.49. The summed E-state index contributed by atoms with van der Waals surface area (Å²) < 4.78 is 21.1. The zero-order chi connectivity index (χ0) is 22.5. The van der Waals surface area contributed by atoms with Crippen LogP contribution in [0.3, 0.4) is 0 Å². The smallest absolute Gasteiger partial charge is 0.271 e. The number of rotatable bonds is 4. The Balaban J connectivity index is 1.54. The molecular formula is C25H28FN3O3. The third-order valence-corrected chi connectivity index (χ3v) is 6.92. The Morgan fingerprint density at radius 2 is 1.91 bits per heavy atom. The van der Waals surface area contributed by atoms with Crippen LogP contribution in [0.2, 0.25) is 0 Å². The maximum absolute atomic E-state index is 13.7. The van der Waals surface area contributed by atoms with Crippen LogP contribution in [0.25, 0.3) is 11.1 Å². The highest BCUT2D eigenvalue weighted by Crippen LogP contribution is 2.35. The minimum atomic E-state index is -1.09. The number of nitrogens with one attached hydrogen (secondary N) is 1. The Bertz CT molecular complexity index is 1170. The van der Waals surface area contributed by atoms with E-state index in [2.05, 4.69) is 5.32 Å². The number of hydrogen-bond donors (Lipinski definition) is 1. The molecule has 0 saturated heterocycles. The summed E-state index contributed by atoms with van der Waals surface area (Å²) in [5, 5.41) is 3.22. The fourth-order valence-electron chi connectivity index (χ4n) is 5.07. The second-order valence-corrected chi connectivity index (χ2v) is 9.32. The van der Waals surface area contributed by atoms with Gasteiger partial charge < -0.3 is 19.2 Å². The summed E-state index contributed by atoms with van der Waals surface area (Å²) in [7, 11) is 0. The van der Waals surface area contributed by atoms with E-state index in [9.17, 15) is 14.0 Å². The Labute approximate surface area is 186 Å². The molecule has 0 bridgehead atoms. The molecule has 3 aromatic rings. The summed E-state index contributed by atoms with van der Waals surface area (Å²) in [6.45, 7) is 4.25. The summed E-state index contributed by atoms with van der Waals surface area (Å²) in [5.74, 6) is 0.0551. The van der Waals surface area contributed by atoms with Crippen LogP contribution in [-0.4, -0.2) is 32.9 Å². The van der Waals surface area contributed by atoms with Gasteiger partial charge in [0.1, 0.15) is 22.8 Å². The van der Waals surface area contributed by atoms with Crippen molar-refractivity contribution in [3.8, 4) is 0 Å². The van der Waals surface area contributed by atoms with E-state index in [-0.39, 0.29) is 30.2 Å². The zero-order valence-corrected chi connectivity index (χ0v) is 18.5. The number of halogens is 1. The van der Waals surface area contributed by atoms with E-state index < -0.39 is 5.54 Å². The molecule has 32 heavy (non-hydrogen) atoms. The fourth-order valence-corrected chi connectivity index (χ4v) is 5.07. The highest BCUT2D eigenvalue weighted by molar-refractivity contribution is 6.03. The maximum atomic E-state index is 13.7. The minimum Gasteiger partial charge on any atom is -0.460 e. The van der Waals surface area contributed by atoms with Crippen LogP contribution in [0.15, 0.2) is 40.8 Å². The second kappa shape index (κ2) is 7.80. The topological polar surface area (TPSA) is 67.5 Å². The van der Waals surface area contributed by atoms with Crippen LogP contribution in [0.5, 0.6) is 0 Å². The number of aryl methyl sites for hydroxylation is 1. The summed E-state index contributed by atoms with van der Waals surface area (Å²) >= 11 is 0. The van der Waals surface area contributed by atoms with Gasteiger partial charge in [0, 0.05) is 24.7 Å². The van der Waals surface area contributed by atoms with Gasteiger partial charge in [-0.1, -0.05) is 31.4 Å². The lowest BCUT2D eigenvalue weighted by Crippen LogP contribution is -2.64. The third-order valence-electron chi connectivity index (χ3n) is 6.92. The molecule has 1 N–H and O–H groups in total. The quantitative estimate of drug-likeness (QED) is 0.651. The number of hydrogen-bond acceptors (Lipinski definition) is 3. The highest BCUT2D eigenvalue weighted by atomic mass is 19.1. The summed E-state index contributed by atoms with van der Waals surface area (Å²) in [5.41, 5.74) is 1.65. The number of fused-ring (bicyclic) bond motifs is 3. The number of carbonyl (C=O) groups is 2. The number of benzene rings is 1. The first-order valence-electron chi connectivity index (χ1n) is 11.3. The van der Waals surface area contributed by atoms with E-state index in [1.165, 1.54) is 18.6 Å². The van der Waals surface area contributed by atoms with Crippen molar-refractivity contribution in [3.63, 3.8) is 0 Å². The first-order chi connectivity index (χ1) is 15.3. The van der Waals surface area contributed by atoms with Crippen molar-refractivity contribution >= 4 is 22.9 Å². The van der Waals surface area contributed by atoms with Gasteiger partial charge in [0.2, 0.25) is 5.91 Å². The van der Waals surface area contributed by atoms with E-state index >= 15 is 0 Å². The lowest BCUT2D eigenvalue weighted by Gasteiger charge is -2.44. The molecule has 2 aliphatic rings. The van der Waals surface area contributed by atoms with Crippen molar-refractivity contribution in [1.29, 1.82) is 0 Å². The number of aromatic nitrogens is 1. The molecule has 2 aromatic heterocycles. The predicted molar refractivity (Wildman–Crippen MR) is 119 cm³/mol. The van der Waals surface area contributed by atoms with E-state index in [1.807, 2.05) is 24.5 Å². The molecule has 1 atom stereocenters. The molecule has 1 fully saturated rings. The Kier molecular flexibility index (Phi) is 5.07. The van der Waals surface area contributed by atoms with Crippen LogP contribution in [0, 0.1) is 12.7 Å². The molecule has 0 spiro atoms. The average Bonchev–Trinajstić information content (AvgIpc) is 3.30. The molecule has 1 aromatic carbocycles. The predicted octanol–water partition coefficient (Wildman–Crippen LogP) is 4.55. The number of carbonyl (C=O) groups excluding carboxylic acids is 2. The van der Waals surface area contributed by atoms with Crippen LogP contribution in [0.1, 0.15) is 60.8 Å². The van der Waals surface area contributed by atoms with Gasteiger partial charge in [-0.15, -0.1) is 0 Å². The first-order valence-corrected chi connectivity index (χ1v) is 11.3.